The zero-order valence-electron chi connectivity index (χ0n) is 10.1. The fraction of sp³-hybridized carbons (Fsp3) is 0.214. The number of halogens is 1. The average molecular weight is 322 g/mol. The van der Waals surface area contributed by atoms with Crippen LogP contribution in [0.15, 0.2) is 51.8 Å². The van der Waals surface area contributed by atoms with Crippen molar-refractivity contribution in [2.45, 2.75) is 6.42 Å². The molecule has 1 aromatic rings. The Balaban J connectivity index is 1.97. The molecule has 0 saturated carbocycles. The van der Waals surface area contributed by atoms with Crippen LogP contribution in [0.2, 0.25) is 0 Å². The van der Waals surface area contributed by atoms with Crippen LogP contribution in [0.5, 0.6) is 5.75 Å². The maximum absolute atomic E-state index is 10.9. The van der Waals surface area contributed by atoms with Crippen molar-refractivity contribution >= 4 is 22.2 Å². The minimum atomic E-state index is 0.189. The fourth-order valence-electron chi connectivity index (χ4n) is 1.78. The Hall–Kier alpha value is -1.75. The summed E-state index contributed by atoms with van der Waals surface area (Å²) in [4.78, 5) is 21.3. The minimum absolute atomic E-state index is 0.189. The Bertz CT molecular complexity index is 552. The van der Waals surface area contributed by atoms with Crippen LogP contribution in [0.25, 0.3) is 0 Å². The second-order valence-electron chi connectivity index (χ2n) is 4.19. The number of nitroso groups, excluding NO2 is 1. The van der Waals surface area contributed by atoms with Gasteiger partial charge in [-0.05, 0) is 35.9 Å². The van der Waals surface area contributed by atoms with Gasteiger partial charge in [0.2, 0.25) is 0 Å². The molecule has 2 rings (SSSR count). The molecule has 1 atom stereocenters. The van der Waals surface area contributed by atoms with Crippen molar-refractivity contribution in [2.24, 2.45) is 11.1 Å². The van der Waals surface area contributed by atoms with Gasteiger partial charge >= 0.3 is 0 Å². The van der Waals surface area contributed by atoms with E-state index in [1.165, 1.54) is 0 Å². The summed E-state index contributed by atoms with van der Waals surface area (Å²) in [5.74, 6) is 0.753. The molecular formula is C14H12BrNO3. The third-order valence-corrected chi connectivity index (χ3v) is 3.32. The van der Waals surface area contributed by atoms with Gasteiger partial charge in [-0.25, -0.2) is 0 Å². The van der Waals surface area contributed by atoms with Gasteiger partial charge in [0.05, 0.1) is 12.2 Å². The van der Waals surface area contributed by atoms with Crippen LogP contribution in [-0.4, -0.2) is 12.9 Å². The third kappa shape index (κ3) is 3.61. The van der Waals surface area contributed by atoms with Crippen LogP contribution in [0.1, 0.15) is 16.8 Å². The largest absolute Gasteiger partial charge is 0.492 e. The molecule has 0 amide bonds. The van der Waals surface area contributed by atoms with E-state index in [2.05, 4.69) is 21.1 Å². The normalized spacial score (nSPS) is 17.7. The van der Waals surface area contributed by atoms with Crippen LogP contribution in [0, 0.1) is 10.8 Å². The van der Waals surface area contributed by atoms with Crippen molar-refractivity contribution in [2.75, 3.05) is 6.61 Å². The van der Waals surface area contributed by atoms with E-state index in [0.29, 0.717) is 30.0 Å². The lowest BCUT2D eigenvalue weighted by Crippen LogP contribution is -2.11. The van der Waals surface area contributed by atoms with Crippen molar-refractivity contribution < 1.29 is 9.53 Å². The SMILES string of the molecule is O=Cc1cc(Br)ccc1OCC1C=CC(N=O)=CC1. The highest BCUT2D eigenvalue weighted by atomic mass is 79.9. The number of carbonyl (C=O) groups is 1. The molecule has 0 heterocycles. The van der Waals surface area contributed by atoms with E-state index in [4.69, 9.17) is 4.74 Å². The first-order chi connectivity index (χ1) is 9.22. The van der Waals surface area contributed by atoms with E-state index >= 15 is 0 Å². The van der Waals surface area contributed by atoms with Crippen LogP contribution in [0.3, 0.4) is 0 Å². The summed E-state index contributed by atoms with van der Waals surface area (Å²) in [6, 6.07) is 5.30. The quantitative estimate of drug-likeness (QED) is 0.611. The van der Waals surface area contributed by atoms with Crippen LogP contribution >= 0.6 is 15.9 Å². The standard InChI is InChI=1S/C14H12BrNO3/c15-12-3-6-14(11(7-12)8-17)19-9-10-1-4-13(16-18)5-2-10/h1,3-8,10H,2,9H2. The molecule has 0 aliphatic heterocycles. The number of rotatable bonds is 5. The molecule has 1 aromatic carbocycles. The Kier molecular flexibility index (Phi) is 4.63. The number of hydrogen-bond acceptors (Lipinski definition) is 4. The zero-order chi connectivity index (χ0) is 13.7. The molecule has 0 N–H and O–H groups in total. The molecule has 98 valence electrons. The van der Waals surface area contributed by atoms with Gasteiger partial charge in [-0.2, -0.15) is 0 Å². The van der Waals surface area contributed by atoms with E-state index in [1.54, 1.807) is 24.3 Å². The smallest absolute Gasteiger partial charge is 0.153 e. The minimum Gasteiger partial charge on any atom is -0.492 e. The number of aldehydes is 1. The van der Waals surface area contributed by atoms with Gasteiger partial charge in [-0.1, -0.05) is 28.1 Å². The first kappa shape index (κ1) is 13.7. The highest BCUT2D eigenvalue weighted by Crippen LogP contribution is 2.24. The molecule has 1 aliphatic carbocycles. The van der Waals surface area contributed by atoms with E-state index in [1.807, 2.05) is 12.1 Å². The van der Waals surface area contributed by atoms with Gasteiger partial charge in [-0.15, -0.1) is 4.91 Å². The molecular weight excluding hydrogens is 310 g/mol. The molecule has 4 nitrogen and oxygen atoms in total. The summed E-state index contributed by atoms with van der Waals surface area (Å²) in [7, 11) is 0. The predicted molar refractivity (Wildman–Crippen MR) is 76.1 cm³/mol. The lowest BCUT2D eigenvalue weighted by atomic mass is 10.0. The highest BCUT2D eigenvalue weighted by molar-refractivity contribution is 9.10. The number of allylic oxidation sites excluding steroid dienone is 2. The monoisotopic (exact) mass is 321 g/mol. The van der Waals surface area contributed by atoms with Gasteiger partial charge in [0, 0.05) is 10.4 Å². The van der Waals surface area contributed by atoms with Gasteiger partial charge < -0.3 is 4.74 Å². The zero-order valence-corrected chi connectivity index (χ0v) is 11.7. The molecule has 1 aliphatic rings. The third-order valence-electron chi connectivity index (χ3n) is 2.83. The average Bonchev–Trinajstić information content (AvgIpc) is 2.46. The number of benzene rings is 1. The van der Waals surface area contributed by atoms with E-state index in [-0.39, 0.29) is 5.92 Å². The maximum Gasteiger partial charge on any atom is 0.153 e. The van der Waals surface area contributed by atoms with Crippen LogP contribution < -0.4 is 4.74 Å². The Morgan fingerprint density at radius 3 is 2.95 bits per heavy atom. The molecule has 0 fully saturated rings. The van der Waals surface area contributed by atoms with Crippen molar-refractivity contribution in [1.82, 2.24) is 0 Å². The molecule has 1 unspecified atom stereocenters. The van der Waals surface area contributed by atoms with E-state index in [0.717, 1.165) is 10.8 Å². The number of nitrogens with zero attached hydrogens (tertiary/aromatic N) is 1. The second kappa shape index (κ2) is 6.43. The molecule has 0 radical (unpaired) electrons. The van der Waals surface area contributed by atoms with Crippen molar-refractivity contribution in [1.29, 1.82) is 0 Å². The summed E-state index contributed by atoms with van der Waals surface area (Å²) in [5, 5.41) is 2.87. The summed E-state index contributed by atoms with van der Waals surface area (Å²) in [6.07, 6.45) is 6.85. The topological polar surface area (TPSA) is 55.7 Å². The van der Waals surface area contributed by atoms with Gasteiger partial charge in [0.15, 0.2) is 6.29 Å². The highest BCUT2D eigenvalue weighted by Gasteiger charge is 2.11. The number of ether oxygens (including phenoxy) is 1. The Labute approximate surface area is 119 Å². The van der Waals surface area contributed by atoms with Crippen LogP contribution in [0.4, 0.5) is 0 Å². The van der Waals surface area contributed by atoms with Crippen molar-refractivity contribution in [3.63, 3.8) is 0 Å². The fourth-order valence-corrected chi connectivity index (χ4v) is 2.16. The Morgan fingerprint density at radius 2 is 2.32 bits per heavy atom. The first-order valence-electron chi connectivity index (χ1n) is 5.82. The van der Waals surface area contributed by atoms with E-state index in [9.17, 15) is 9.70 Å². The summed E-state index contributed by atoms with van der Waals surface area (Å²) >= 11 is 3.31. The van der Waals surface area contributed by atoms with Crippen molar-refractivity contribution in [3.8, 4) is 5.75 Å². The molecule has 0 spiro atoms. The first-order valence-corrected chi connectivity index (χ1v) is 6.61. The maximum atomic E-state index is 10.9. The van der Waals surface area contributed by atoms with E-state index < -0.39 is 0 Å². The molecule has 0 aromatic heterocycles. The van der Waals surface area contributed by atoms with Crippen molar-refractivity contribution in [3.05, 3.63) is 57.1 Å². The van der Waals surface area contributed by atoms with Gasteiger partial charge in [-0.3, -0.25) is 4.79 Å². The molecule has 0 bridgehead atoms. The summed E-state index contributed by atoms with van der Waals surface area (Å²) < 4.78 is 6.49. The second-order valence-corrected chi connectivity index (χ2v) is 5.10. The molecule has 5 heteroatoms. The predicted octanol–water partition coefficient (Wildman–Crippen LogP) is 3.87. The van der Waals surface area contributed by atoms with Gasteiger partial charge in [0.1, 0.15) is 11.4 Å². The Morgan fingerprint density at radius 1 is 1.47 bits per heavy atom. The molecule has 19 heavy (non-hydrogen) atoms. The number of hydrogen-bond donors (Lipinski definition) is 0. The lowest BCUT2D eigenvalue weighted by molar-refractivity contribution is 0.111. The summed E-state index contributed by atoms with van der Waals surface area (Å²) in [5.41, 5.74) is 0.966. The summed E-state index contributed by atoms with van der Waals surface area (Å²) in [6.45, 7) is 0.460. The molecule has 0 saturated heterocycles. The van der Waals surface area contributed by atoms with Gasteiger partial charge in [0.25, 0.3) is 0 Å². The lowest BCUT2D eigenvalue weighted by Gasteiger charge is -2.16. The number of carbonyl (C=O) groups excluding carboxylic acids is 1. The van der Waals surface area contributed by atoms with Crippen LogP contribution in [-0.2, 0) is 0 Å².